The Morgan fingerprint density at radius 2 is 1.87 bits per heavy atom. The van der Waals surface area contributed by atoms with Crippen LogP contribution < -0.4 is 20.0 Å². The van der Waals surface area contributed by atoms with Crippen molar-refractivity contribution in [1.29, 1.82) is 0 Å². The minimum Gasteiger partial charge on any atom is -0.550 e. The molecule has 7 heteroatoms. The zero-order valence-corrected chi connectivity index (χ0v) is 17.9. The maximum absolute atomic E-state index is 12.2. The van der Waals surface area contributed by atoms with Crippen LogP contribution in [0, 0.1) is 6.92 Å². The molecule has 0 aliphatic carbocycles. The van der Waals surface area contributed by atoms with Crippen LogP contribution in [-0.4, -0.2) is 31.3 Å². The Labute approximate surface area is 176 Å². The molecule has 0 saturated carbocycles. The van der Waals surface area contributed by atoms with Crippen LogP contribution in [0.4, 0.5) is 0 Å². The summed E-state index contributed by atoms with van der Waals surface area (Å²) in [6, 6.07) is 11.0. The van der Waals surface area contributed by atoms with Gasteiger partial charge in [0.2, 0.25) is 0 Å². The molecule has 0 bridgehead atoms. The Morgan fingerprint density at radius 3 is 2.50 bits per heavy atom. The van der Waals surface area contributed by atoms with Crippen LogP contribution in [0.15, 0.2) is 41.5 Å². The first kappa shape index (κ1) is 22.9. The molecule has 30 heavy (non-hydrogen) atoms. The highest BCUT2D eigenvalue weighted by atomic mass is 16.5. The zero-order chi connectivity index (χ0) is 22.3. The number of carbonyl (C=O) groups excluding carboxylic acids is 2. The van der Waals surface area contributed by atoms with Crippen molar-refractivity contribution in [1.82, 2.24) is 5.43 Å². The number of carboxylic acids is 1. The summed E-state index contributed by atoms with van der Waals surface area (Å²) < 4.78 is 10.9. The summed E-state index contributed by atoms with van der Waals surface area (Å²) in [5, 5.41) is 15.0. The van der Waals surface area contributed by atoms with E-state index in [0.29, 0.717) is 28.3 Å². The molecule has 0 aromatic heterocycles. The fourth-order valence-electron chi connectivity index (χ4n) is 2.93. The number of benzene rings is 2. The monoisotopic (exact) mass is 411 g/mol. The lowest BCUT2D eigenvalue weighted by atomic mass is 10.0. The third-order valence-electron chi connectivity index (χ3n) is 4.53. The maximum Gasteiger partial charge on any atom is 0.277 e. The molecule has 160 valence electrons. The largest absolute Gasteiger partial charge is 0.550 e. The zero-order valence-electron chi connectivity index (χ0n) is 17.9. The first-order valence-electron chi connectivity index (χ1n) is 9.64. The molecule has 0 radical (unpaired) electrons. The summed E-state index contributed by atoms with van der Waals surface area (Å²) in [6.07, 6.45) is -0.279. The third kappa shape index (κ3) is 6.34. The number of aliphatic carboxylic acids is 1. The number of hydrogen-bond donors (Lipinski definition) is 1. The van der Waals surface area contributed by atoms with Crippen LogP contribution in [-0.2, 0) is 16.0 Å². The van der Waals surface area contributed by atoms with Gasteiger partial charge in [0.1, 0.15) is 11.5 Å². The molecule has 0 atom stereocenters. The molecule has 0 aliphatic heterocycles. The third-order valence-corrected chi connectivity index (χ3v) is 4.53. The van der Waals surface area contributed by atoms with Gasteiger partial charge in [-0.15, -0.1) is 0 Å². The van der Waals surface area contributed by atoms with Gasteiger partial charge in [0.05, 0.1) is 12.8 Å². The van der Waals surface area contributed by atoms with Gasteiger partial charge >= 0.3 is 0 Å². The second-order valence-electron chi connectivity index (χ2n) is 7.29. The van der Waals surface area contributed by atoms with Crippen LogP contribution in [0.3, 0.4) is 0 Å². The van der Waals surface area contributed by atoms with Crippen LogP contribution >= 0.6 is 0 Å². The van der Waals surface area contributed by atoms with E-state index in [1.807, 2.05) is 25.1 Å². The average molecular weight is 411 g/mol. The minimum atomic E-state index is -1.21. The molecule has 0 saturated heterocycles. The average Bonchev–Trinajstić information content (AvgIpc) is 2.69. The fourth-order valence-corrected chi connectivity index (χ4v) is 2.93. The van der Waals surface area contributed by atoms with Gasteiger partial charge in [0.25, 0.3) is 5.91 Å². The van der Waals surface area contributed by atoms with Crippen LogP contribution in [0.5, 0.6) is 11.5 Å². The van der Waals surface area contributed by atoms with E-state index in [2.05, 4.69) is 24.4 Å². The number of nitrogens with one attached hydrogen (secondary N) is 1. The molecular weight excluding hydrogens is 384 g/mol. The molecule has 1 N–H and O–H groups in total. The van der Waals surface area contributed by atoms with Gasteiger partial charge < -0.3 is 19.4 Å². The van der Waals surface area contributed by atoms with Crippen molar-refractivity contribution in [3.63, 3.8) is 0 Å². The lowest BCUT2D eigenvalue weighted by Gasteiger charge is -2.14. The van der Waals surface area contributed by atoms with E-state index in [4.69, 9.17) is 9.47 Å². The molecule has 7 nitrogen and oxygen atoms in total. The molecule has 0 aliphatic rings. The number of methoxy groups -OCH3 is 1. The first-order chi connectivity index (χ1) is 14.2. The normalized spacial score (nSPS) is 11.3. The minimum absolute atomic E-state index is 0.168. The van der Waals surface area contributed by atoms with Crippen LogP contribution in [0.2, 0.25) is 0 Å². The van der Waals surface area contributed by atoms with Gasteiger partial charge in [-0.2, -0.15) is 5.10 Å². The van der Waals surface area contributed by atoms with Gasteiger partial charge in [-0.3, -0.25) is 4.79 Å². The number of nitrogens with zero attached hydrogens (tertiary/aromatic N) is 1. The van der Waals surface area contributed by atoms with Crippen molar-refractivity contribution in [2.24, 2.45) is 5.10 Å². The summed E-state index contributed by atoms with van der Waals surface area (Å²) in [5.41, 5.74) is 6.20. The molecule has 2 rings (SSSR count). The highest BCUT2D eigenvalue weighted by Gasteiger charge is 2.11. The predicted octanol–water partition coefficient (Wildman–Crippen LogP) is 2.34. The number of rotatable bonds is 9. The van der Waals surface area contributed by atoms with E-state index in [1.54, 1.807) is 25.1 Å². The molecule has 2 aromatic rings. The topological polar surface area (TPSA) is 100 Å². The molecule has 0 spiro atoms. The summed E-state index contributed by atoms with van der Waals surface area (Å²) in [4.78, 5) is 23.1. The summed E-state index contributed by atoms with van der Waals surface area (Å²) in [5.74, 6) is -0.194. The second-order valence-corrected chi connectivity index (χ2v) is 7.29. The van der Waals surface area contributed by atoms with Gasteiger partial charge in [0, 0.05) is 18.0 Å². The molecule has 0 heterocycles. The predicted molar refractivity (Wildman–Crippen MR) is 113 cm³/mol. The highest BCUT2D eigenvalue weighted by molar-refractivity contribution is 5.99. The van der Waals surface area contributed by atoms with Crippen molar-refractivity contribution in [3.05, 3.63) is 58.7 Å². The Kier molecular flexibility index (Phi) is 7.98. The van der Waals surface area contributed by atoms with Crippen molar-refractivity contribution in [3.8, 4) is 11.5 Å². The summed E-state index contributed by atoms with van der Waals surface area (Å²) >= 11 is 0. The van der Waals surface area contributed by atoms with Crippen molar-refractivity contribution in [2.45, 2.75) is 40.0 Å². The Hall–Kier alpha value is -3.35. The first-order valence-corrected chi connectivity index (χ1v) is 9.64. The smallest absolute Gasteiger partial charge is 0.277 e. The van der Waals surface area contributed by atoms with Gasteiger partial charge in [-0.05, 0) is 60.7 Å². The second kappa shape index (κ2) is 10.4. The fraction of sp³-hybridized carbons (Fsp3) is 0.348. The molecule has 2 aromatic carbocycles. The number of hydrogen-bond acceptors (Lipinski definition) is 6. The molecule has 1 amide bonds. The number of hydrazone groups is 1. The van der Waals surface area contributed by atoms with E-state index in [0.717, 1.165) is 11.1 Å². The number of ether oxygens (including phenoxy) is 2. The highest BCUT2D eigenvalue weighted by Crippen LogP contribution is 2.27. The number of aryl methyl sites for hydroxylation is 1. The Bertz CT molecular complexity index is 951. The summed E-state index contributed by atoms with van der Waals surface area (Å²) in [7, 11) is 1.47. The SMILES string of the molecule is COc1ccc(/C(C)=N\NC(=O)COc2cc(C)ccc2C(C)C)cc1CC(=O)[O-]. The van der Waals surface area contributed by atoms with Gasteiger partial charge in [-0.25, -0.2) is 5.43 Å². The van der Waals surface area contributed by atoms with Crippen LogP contribution in [0.25, 0.3) is 0 Å². The number of carbonyl (C=O) groups is 2. The number of amides is 1. The molecular formula is C23H27N2O5-. The van der Waals surface area contributed by atoms with E-state index in [-0.39, 0.29) is 18.9 Å². The lowest BCUT2D eigenvalue weighted by molar-refractivity contribution is -0.304. The van der Waals surface area contributed by atoms with Crippen molar-refractivity contribution < 1.29 is 24.2 Å². The van der Waals surface area contributed by atoms with Gasteiger partial charge in [-0.1, -0.05) is 26.0 Å². The van der Waals surface area contributed by atoms with E-state index < -0.39 is 11.9 Å². The quantitative estimate of drug-likeness (QED) is 0.504. The van der Waals surface area contributed by atoms with Crippen molar-refractivity contribution in [2.75, 3.05) is 13.7 Å². The van der Waals surface area contributed by atoms with Crippen LogP contribution in [0.1, 0.15) is 48.9 Å². The van der Waals surface area contributed by atoms with Gasteiger partial charge in [0.15, 0.2) is 6.61 Å². The molecule has 0 unspecified atom stereocenters. The van der Waals surface area contributed by atoms with E-state index >= 15 is 0 Å². The van der Waals surface area contributed by atoms with E-state index in [1.165, 1.54) is 7.11 Å². The Balaban J connectivity index is 2.05. The van der Waals surface area contributed by atoms with Crippen molar-refractivity contribution >= 4 is 17.6 Å². The lowest BCUT2D eigenvalue weighted by Crippen LogP contribution is -2.26. The number of carboxylic acid groups (broad SMARTS) is 1. The molecule has 0 fully saturated rings. The standard InChI is InChI=1S/C23H28N2O5/c1-14(2)19-8-6-15(3)10-21(19)30-13-22(26)25-24-16(4)17-7-9-20(29-5)18(11-17)12-23(27)28/h6-11,14H,12-13H2,1-5H3,(H,25,26)(H,27,28)/p-1/b24-16-. The van der Waals surface area contributed by atoms with E-state index in [9.17, 15) is 14.7 Å². The Morgan fingerprint density at radius 1 is 1.13 bits per heavy atom. The summed E-state index contributed by atoms with van der Waals surface area (Å²) in [6.45, 7) is 7.64. The maximum atomic E-state index is 12.2.